The number of hydrogen-bond acceptors (Lipinski definition) is 3. The highest BCUT2D eigenvalue weighted by molar-refractivity contribution is 7.80. The highest BCUT2D eigenvalue weighted by Crippen LogP contribution is 2.25. The van der Waals surface area contributed by atoms with E-state index < -0.39 is 0 Å². The van der Waals surface area contributed by atoms with Crippen LogP contribution < -0.4 is 10.6 Å². The standard InChI is InChI=1S/C13H17FN2OS/c1-17-10-4-6-16(7-5-10)12-3-2-9(14)8-11(12)13(15)18/h2-3,8,10H,4-7H2,1H3,(H2,15,18). The number of nitrogens with two attached hydrogens (primary N) is 1. The number of benzene rings is 1. The molecule has 0 spiro atoms. The topological polar surface area (TPSA) is 38.5 Å². The molecule has 0 aromatic heterocycles. The smallest absolute Gasteiger partial charge is 0.124 e. The summed E-state index contributed by atoms with van der Waals surface area (Å²) in [5, 5.41) is 0. The maximum absolute atomic E-state index is 13.2. The fourth-order valence-corrected chi connectivity index (χ4v) is 2.48. The summed E-state index contributed by atoms with van der Waals surface area (Å²) < 4.78 is 18.6. The van der Waals surface area contributed by atoms with Gasteiger partial charge in [-0.25, -0.2) is 4.39 Å². The number of hydrogen-bond donors (Lipinski definition) is 1. The van der Waals surface area contributed by atoms with E-state index in [0.717, 1.165) is 31.6 Å². The van der Waals surface area contributed by atoms with E-state index in [2.05, 4.69) is 4.90 Å². The number of rotatable bonds is 3. The van der Waals surface area contributed by atoms with Crippen molar-refractivity contribution in [1.82, 2.24) is 0 Å². The highest BCUT2D eigenvalue weighted by Gasteiger charge is 2.21. The Morgan fingerprint density at radius 1 is 1.44 bits per heavy atom. The molecule has 3 nitrogen and oxygen atoms in total. The molecule has 1 aliphatic heterocycles. The summed E-state index contributed by atoms with van der Waals surface area (Å²) in [6, 6.07) is 4.59. The molecule has 1 saturated heterocycles. The molecule has 0 atom stereocenters. The third-order valence-electron chi connectivity index (χ3n) is 3.34. The highest BCUT2D eigenvalue weighted by atomic mass is 32.1. The molecular formula is C13H17FN2OS. The quantitative estimate of drug-likeness (QED) is 0.852. The van der Waals surface area contributed by atoms with Gasteiger partial charge in [-0.15, -0.1) is 0 Å². The molecule has 1 aliphatic rings. The first-order chi connectivity index (χ1) is 8.61. The molecule has 2 rings (SSSR count). The minimum absolute atomic E-state index is 0.235. The molecule has 1 heterocycles. The summed E-state index contributed by atoms with van der Waals surface area (Å²) in [5.41, 5.74) is 7.18. The van der Waals surface area contributed by atoms with Crippen LogP contribution in [-0.2, 0) is 4.74 Å². The minimum Gasteiger partial charge on any atom is -0.389 e. The van der Waals surface area contributed by atoms with Gasteiger partial charge in [0.25, 0.3) is 0 Å². The Bertz CT molecular complexity index is 445. The van der Waals surface area contributed by atoms with Crippen molar-refractivity contribution >= 4 is 22.9 Å². The first kappa shape index (κ1) is 13.2. The minimum atomic E-state index is -0.312. The van der Waals surface area contributed by atoms with Crippen LogP contribution in [0.5, 0.6) is 0 Å². The number of ether oxygens (including phenoxy) is 1. The van der Waals surface area contributed by atoms with E-state index in [1.54, 1.807) is 13.2 Å². The average Bonchev–Trinajstić information content (AvgIpc) is 2.39. The Morgan fingerprint density at radius 2 is 2.11 bits per heavy atom. The monoisotopic (exact) mass is 268 g/mol. The van der Waals surface area contributed by atoms with Crippen molar-refractivity contribution in [3.8, 4) is 0 Å². The van der Waals surface area contributed by atoms with Crippen LogP contribution in [-0.4, -0.2) is 31.3 Å². The van der Waals surface area contributed by atoms with Crippen molar-refractivity contribution in [3.63, 3.8) is 0 Å². The number of nitrogens with zero attached hydrogens (tertiary/aromatic N) is 1. The van der Waals surface area contributed by atoms with E-state index in [1.165, 1.54) is 12.1 Å². The van der Waals surface area contributed by atoms with Gasteiger partial charge in [0.15, 0.2) is 0 Å². The van der Waals surface area contributed by atoms with Crippen molar-refractivity contribution in [1.29, 1.82) is 0 Å². The fraction of sp³-hybridized carbons (Fsp3) is 0.462. The van der Waals surface area contributed by atoms with Crippen molar-refractivity contribution in [3.05, 3.63) is 29.6 Å². The van der Waals surface area contributed by atoms with Crippen LogP contribution in [0.15, 0.2) is 18.2 Å². The summed E-state index contributed by atoms with van der Waals surface area (Å²) in [7, 11) is 1.73. The lowest BCUT2D eigenvalue weighted by Gasteiger charge is -2.34. The van der Waals surface area contributed by atoms with Gasteiger partial charge in [0.1, 0.15) is 10.8 Å². The molecule has 0 radical (unpaired) electrons. The molecule has 5 heteroatoms. The predicted octanol–water partition coefficient (Wildman–Crippen LogP) is 2.08. The number of anilines is 1. The van der Waals surface area contributed by atoms with E-state index in [4.69, 9.17) is 22.7 Å². The maximum atomic E-state index is 13.2. The van der Waals surface area contributed by atoms with Gasteiger partial charge in [0.2, 0.25) is 0 Å². The number of piperidine rings is 1. The molecule has 0 aliphatic carbocycles. The van der Waals surface area contributed by atoms with Crippen LogP contribution in [0.4, 0.5) is 10.1 Å². The number of halogens is 1. The van der Waals surface area contributed by atoms with E-state index in [9.17, 15) is 4.39 Å². The zero-order chi connectivity index (χ0) is 13.1. The van der Waals surface area contributed by atoms with Crippen LogP contribution in [0.2, 0.25) is 0 Å². The van der Waals surface area contributed by atoms with Gasteiger partial charge < -0.3 is 15.4 Å². The van der Waals surface area contributed by atoms with Crippen LogP contribution in [0.3, 0.4) is 0 Å². The predicted molar refractivity (Wildman–Crippen MR) is 74.5 cm³/mol. The summed E-state index contributed by atoms with van der Waals surface area (Å²) in [6.45, 7) is 1.75. The van der Waals surface area contributed by atoms with E-state index in [0.29, 0.717) is 11.7 Å². The van der Waals surface area contributed by atoms with E-state index in [1.807, 2.05) is 0 Å². The molecule has 1 fully saturated rings. The van der Waals surface area contributed by atoms with Crippen molar-refractivity contribution < 1.29 is 9.13 Å². The van der Waals surface area contributed by atoms with Gasteiger partial charge in [-0.1, -0.05) is 12.2 Å². The van der Waals surface area contributed by atoms with E-state index in [-0.39, 0.29) is 10.8 Å². The summed E-state index contributed by atoms with van der Waals surface area (Å²) >= 11 is 4.98. The lowest BCUT2D eigenvalue weighted by molar-refractivity contribution is 0.0819. The van der Waals surface area contributed by atoms with Crippen LogP contribution >= 0.6 is 12.2 Å². The molecule has 0 saturated carbocycles. The molecule has 18 heavy (non-hydrogen) atoms. The first-order valence-corrected chi connectivity index (χ1v) is 6.39. The van der Waals surface area contributed by atoms with Crippen LogP contribution in [0.25, 0.3) is 0 Å². The average molecular weight is 268 g/mol. The molecule has 2 N–H and O–H groups in total. The zero-order valence-corrected chi connectivity index (χ0v) is 11.2. The summed E-state index contributed by atoms with van der Waals surface area (Å²) in [6.07, 6.45) is 2.24. The maximum Gasteiger partial charge on any atom is 0.124 e. The largest absolute Gasteiger partial charge is 0.389 e. The Kier molecular flexibility index (Phi) is 4.14. The van der Waals surface area contributed by atoms with E-state index >= 15 is 0 Å². The number of methoxy groups -OCH3 is 1. The van der Waals surface area contributed by atoms with Gasteiger partial charge in [-0.05, 0) is 31.0 Å². The van der Waals surface area contributed by atoms with Crippen LogP contribution in [0, 0.1) is 5.82 Å². The molecule has 1 aromatic carbocycles. The molecule has 1 aromatic rings. The molecule has 98 valence electrons. The van der Waals surface area contributed by atoms with Gasteiger partial charge in [-0.3, -0.25) is 0 Å². The van der Waals surface area contributed by atoms with Crippen LogP contribution in [0.1, 0.15) is 18.4 Å². The normalized spacial score (nSPS) is 16.9. The summed E-state index contributed by atoms with van der Waals surface area (Å²) in [4.78, 5) is 2.42. The second kappa shape index (κ2) is 5.63. The Balaban J connectivity index is 2.21. The lowest BCUT2D eigenvalue weighted by atomic mass is 10.0. The molecular weight excluding hydrogens is 251 g/mol. The third-order valence-corrected chi connectivity index (χ3v) is 3.56. The Morgan fingerprint density at radius 3 is 2.67 bits per heavy atom. The number of thiocarbonyl (C=S) groups is 1. The summed E-state index contributed by atoms with van der Waals surface area (Å²) in [5.74, 6) is -0.312. The first-order valence-electron chi connectivity index (χ1n) is 5.99. The second-order valence-corrected chi connectivity index (χ2v) is 4.89. The molecule has 0 bridgehead atoms. The fourth-order valence-electron chi connectivity index (χ4n) is 2.31. The van der Waals surface area contributed by atoms with Gasteiger partial charge in [0.05, 0.1) is 6.10 Å². The second-order valence-electron chi connectivity index (χ2n) is 4.45. The Labute approximate surface area is 112 Å². The van der Waals surface area contributed by atoms with Gasteiger partial charge in [-0.2, -0.15) is 0 Å². The van der Waals surface area contributed by atoms with Crippen molar-refractivity contribution in [2.75, 3.05) is 25.1 Å². The molecule has 0 unspecified atom stereocenters. The SMILES string of the molecule is COC1CCN(c2ccc(F)cc2C(N)=S)CC1. The third kappa shape index (κ3) is 2.79. The van der Waals surface area contributed by atoms with Crippen molar-refractivity contribution in [2.24, 2.45) is 5.73 Å². The Hall–Kier alpha value is -1.20. The zero-order valence-electron chi connectivity index (χ0n) is 10.4. The van der Waals surface area contributed by atoms with Gasteiger partial charge >= 0.3 is 0 Å². The lowest BCUT2D eigenvalue weighted by Crippen LogP contribution is -2.37. The van der Waals surface area contributed by atoms with Crippen molar-refractivity contribution in [2.45, 2.75) is 18.9 Å². The molecule has 0 amide bonds. The van der Waals surface area contributed by atoms with Gasteiger partial charge in [0, 0.05) is 31.5 Å².